The van der Waals surface area contributed by atoms with Gasteiger partial charge in [-0.15, -0.1) is 0 Å². The second kappa shape index (κ2) is 8.49. The van der Waals surface area contributed by atoms with Crippen LogP contribution in [0.4, 0.5) is 4.79 Å². The van der Waals surface area contributed by atoms with Crippen molar-refractivity contribution >= 4 is 43.5 Å². The minimum Gasteiger partial charge on any atom is -0.493 e. The van der Waals surface area contributed by atoms with Gasteiger partial charge in [0, 0.05) is 0 Å². The van der Waals surface area contributed by atoms with Crippen LogP contribution in [0.25, 0.3) is 10.8 Å². The fraction of sp³-hybridized carbons (Fsp3) is 0.182. The molecular weight excluding hydrogens is 422 g/mol. The molecule has 1 unspecified atom stereocenters. The lowest BCUT2D eigenvalue weighted by Crippen LogP contribution is -2.25. The highest BCUT2D eigenvalue weighted by atomic mass is 32.2. The molecule has 1 heterocycles. The summed E-state index contributed by atoms with van der Waals surface area (Å²) in [4.78, 5) is 23.2. The Morgan fingerprint density at radius 1 is 0.933 bits per heavy atom. The molecule has 3 aromatic rings. The van der Waals surface area contributed by atoms with E-state index in [4.69, 9.17) is 4.74 Å². The topological polar surface area (TPSA) is 89.5 Å². The molecule has 1 N–H and O–H groups in total. The van der Waals surface area contributed by atoms with Crippen molar-refractivity contribution in [2.45, 2.75) is 16.6 Å². The van der Waals surface area contributed by atoms with E-state index in [1.54, 1.807) is 30.3 Å². The molecule has 4 rings (SSSR count). The van der Waals surface area contributed by atoms with Gasteiger partial charge in [0.05, 0.1) is 15.9 Å². The molecule has 1 saturated heterocycles. The third-order valence-corrected chi connectivity index (χ3v) is 7.47. The number of ether oxygens (including phenoxy) is 1. The van der Waals surface area contributed by atoms with Crippen LogP contribution in [0.1, 0.15) is 5.56 Å². The van der Waals surface area contributed by atoms with E-state index in [0.717, 1.165) is 28.1 Å². The first-order valence-corrected chi connectivity index (χ1v) is 11.9. The third-order valence-electron chi connectivity index (χ3n) is 4.81. The largest absolute Gasteiger partial charge is 0.493 e. The summed E-state index contributed by atoms with van der Waals surface area (Å²) in [5, 5.41) is 3.40. The summed E-state index contributed by atoms with van der Waals surface area (Å²) in [7, 11) is -3.46. The van der Waals surface area contributed by atoms with E-state index >= 15 is 0 Å². The third kappa shape index (κ3) is 4.66. The van der Waals surface area contributed by atoms with Gasteiger partial charge in [-0.3, -0.25) is 14.9 Å². The number of benzene rings is 3. The Hall–Kier alpha value is -2.84. The molecule has 30 heavy (non-hydrogen) atoms. The van der Waals surface area contributed by atoms with E-state index in [-0.39, 0.29) is 28.4 Å². The van der Waals surface area contributed by atoms with E-state index in [0.29, 0.717) is 12.2 Å². The van der Waals surface area contributed by atoms with Gasteiger partial charge in [-0.25, -0.2) is 8.42 Å². The Morgan fingerprint density at radius 3 is 2.37 bits per heavy atom. The van der Waals surface area contributed by atoms with E-state index in [1.165, 1.54) is 0 Å². The van der Waals surface area contributed by atoms with Crippen molar-refractivity contribution in [2.24, 2.45) is 0 Å². The maximum Gasteiger partial charge on any atom is 0.286 e. The van der Waals surface area contributed by atoms with Crippen molar-refractivity contribution in [1.29, 1.82) is 0 Å². The Bertz CT molecular complexity index is 1210. The predicted molar refractivity (Wildman–Crippen MR) is 117 cm³/mol. The summed E-state index contributed by atoms with van der Waals surface area (Å²) < 4.78 is 30.8. The number of carbonyl (C=O) groups is 2. The summed E-state index contributed by atoms with van der Waals surface area (Å²) in [6.07, 6.45) is 0.443. The molecule has 8 heteroatoms. The van der Waals surface area contributed by atoms with Crippen LogP contribution in [-0.4, -0.2) is 37.2 Å². The zero-order valence-corrected chi connectivity index (χ0v) is 17.5. The second-order valence-corrected chi connectivity index (χ2v) is 10.2. The van der Waals surface area contributed by atoms with Crippen molar-refractivity contribution < 1.29 is 22.7 Å². The first kappa shape index (κ1) is 20.4. The number of amides is 2. The molecular formula is C22H19NO5S2. The minimum absolute atomic E-state index is 0.0316. The molecule has 3 aromatic carbocycles. The van der Waals surface area contributed by atoms with Crippen LogP contribution in [0, 0.1) is 0 Å². The molecule has 1 aliphatic heterocycles. The number of hydrogen-bond acceptors (Lipinski definition) is 6. The molecule has 0 saturated carbocycles. The van der Waals surface area contributed by atoms with Gasteiger partial charge >= 0.3 is 0 Å². The summed E-state index contributed by atoms with van der Waals surface area (Å²) >= 11 is 0.990. The number of hydrogen-bond donors (Lipinski definition) is 1. The molecule has 1 atom stereocenters. The molecule has 0 aromatic heterocycles. The summed E-state index contributed by atoms with van der Waals surface area (Å²) in [6.45, 7) is 0.0316. The van der Waals surface area contributed by atoms with Gasteiger partial charge in [0.25, 0.3) is 5.24 Å². The molecule has 0 bridgehead atoms. The Kier molecular flexibility index (Phi) is 5.78. The highest BCUT2D eigenvalue weighted by molar-refractivity contribution is 8.15. The summed E-state index contributed by atoms with van der Waals surface area (Å²) in [5.41, 5.74) is 0.897. The quantitative estimate of drug-likeness (QED) is 0.603. The zero-order valence-electron chi connectivity index (χ0n) is 15.9. The van der Waals surface area contributed by atoms with Gasteiger partial charge in [-0.05, 0) is 47.0 Å². The van der Waals surface area contributed by atoms with E-state index in [1.807, 2.05) is 36.4 Å². The van der Waals surface area contributed by atoms with Gasteiger partial charge in [0.1, 0.15) is 12.4 Å². The van der Waals surface area contributed by atoms with Gasteiger partial charge < -0.3 is 4.74 Å². The highest BCUT2D eigenvalue weighted by Crippen LogP contribution is 2.24. The molecule has 1 aliphatic rings. The number of thioether (sulfide) groups is 1. The normalized spacial score (nSPS) is 16.6. The lowest BCUT2D eigenvalue weighted by molar-refractivity contribution is -0.118. The van der Waals surface area contributed by atoms with Crippen molar-refractivity contribution in [3.63, 3.8) is 0 Å². The zero-order chi connectivity index (χ0) is 21.1. The van der Waals surface area contributed by atoms with Crippen LogP contribution >= 0.6 is 11.8 Å². The second-order valence-electron chi connectivity index (χ2n) is 6.91. The van der Waals surface area contributed by atoms with Crippen LogP contribution in [0.15, 0.2) is 71.6 Å². The van der Waals surface area contributed by atoms with Crippen LogP contribution in [0.5, 0.6) is 5.75 Å². The molecule has 0 radical (unpaired) electrons. The van der Waals surface area contributed by atoms with Gasteiger partial charge in [-0.1, -0.05) is 54.2 Å². The van der Waals surface area contributed by atoms with Gasteiger partial charge in [0.15, 0.2) is 9.84 Å². The Balaban J connectivity index is 1.34. The van der Waals surface area contributed by atoms with Crippen LogP contribution in [-0.2, 0) is 21.1 Å². The van der Waals surface area contributed by atoms with Gasteiger partial charge in [-0.2, -0.15) is 0 Å². The number of nitrogens with one attached hydrogen (secondary N) is 1. The number of imide groups is 1. The molecule has 6 nitrogen and oxygen atoms in total. The Morgan fingerprint density at radius 2 is 1.67 bits per heavy atom. The fourth-order valence-electron chi connectivity index (χ4n) is 3.21. The Labute approximate surface area is 178 Å². The van der Waals surface area contributed by atoms with E-state index in [9.17, 15) is 18.0 Å². The summed E-state index contributed by atoms with van der Waals surface area (Å²) in [6, 6.07) is 19.8. The van der Waals surface area contributed by atoms with Gasteiger partial charge in [0.2, 0.25) is 5.91 Å². The van der Waals surface area contributed by atoms with Crippen molar-refractivity contribution in [2.75, 3.05) is 12.4 Å². The molecule has 0 spiro atoms. The number of carbonyl (C=O) groups excluding carboxylic acids is 2. The average Bonchev–Trinajstić information content (AvgIpc) is 3.05. The standard InChI is InChI=1S/C22H19NO5S2/c24-21-20(29-22(25)23-21)13-15-5-8-18(9-6-15)28-11-12-30(26,27)19-10-7-16-3-1-2-4-17(16)14-19/h1-10,14,20H,11-13H2,(H,23,24,25). The van der Waals surface area contributed by atoms with Crippen molar-refractivity contribution in [3.8, 4) is 5.75 Å². The summed E-state index contributed by atoms with van der Waals surface area (Å²) in [5.74, 6) is 0.143. The first-order chi connectivity index (χ1) is 14.4. The van der Waals surface area contributed by atoms with E-state index in [2.05, 4.69) is 5.32 Å². The molecule has 0 aliphatic carbocycles. The predicted octanol–water partition coefficient (Wildman–Crippen LogP) is 3.59. The highest BCUT2D eigenvalue weighted by Gasteiger charge is 2.31. The van der Waals surface area contributed by atoms with E-state index < -0.39 is 15.1 Å². The molecule has 2 amide bonds. The SMILES string of the molecule is O=C1NC(=O)C(Cc2ccc(OCCS(=O)(=O)c3ccc4ccccc4c3)cc2)S1. The maximum absolute atomic E-state index is 12.6. The fourth-order valence-corrected chi connectivity index (χ4v) is 5.19. The van der Waals surface area contributed by atoms with Crippen molar-refractivity contribution in [3.05, 3.63) is 72.3 Å². The van der Waals surface area contributed by atoms with Crippen LogP contribution < -0.4 is 10.1 Å². The smallest absolute Gasteiger partial charge is 0.286 e. The number of rotatable bonds is 7. The molecule has 1 fully saturated rings. The minimum atomic E-state index is -3.46. The maximum atomic E-state index is 12.6. The number of fused-ring (bicyclic) bond motifs is 1. The van der Waals surface area contributed by atoms with Crippen LogP contribution in [0.3, 0.4) is 0 Å². The van der Waals surface area contributed by atoms with Crippen molar-refractivity contribution in [1.82, 2.24) is 5.32 Å². The van der Waals surface area contributed by atoms with Crippen LogP contribution in [0.2, 0.25) is 0 Å². The average molecular weight is 442 g/mol. The lowest BCUT2D eigenvalue weighted by Gasteiger charge is -2.10. The first-order valence-electron chi connectivity index (χ1n) is 9.35. The molecule has 154 valence electrons. The monoisotopic (exact) mass is 441 g/mol. The lowest BCUT2D eigenvalue weighted by atomic mass is 10.1. The number of sulfone groups is 1.